The van der Waals surface area contributed by atoms with Gasteiger partial charge in [-0.25, -0.2) is 0 Å². The van der Waals surface area contributed by atoms with E-state index in [1.807, 2.05) is 0 Å². The first-order valence-electron chi connectivity index (χ1n) is 6.50. The third kappa shape index (κ3) is 3.69. The van der Waals surface area contributed by atoms with E-state index in [4.69, 9.17) is 4.74 Å². The lowest BCUT2D eigenvalue weighted by Gasteiger charge is -2.11. The Morgan fingerprint density at radius 3 is 2.77 bits per heavy atom. The fraction of sp³-hybridized carbons (Fsp3) is 0.0625. The average Bonchev–Trinajstić information content (AvgIpc) is 2.54. The summed E-state index contributed by atoms with van der Waals surface area (Å²) < 4.78 is 5.44. The number of non-ortho nitro benzene ring substituents is 1. The molecule has 2 aromatic carbocycles. The van der Waals surface area contributed by atoms with Gasteiger partial charge in [0, 0.05) is 17.7 Å². The van der Waals surface area contributed by atoms with Crippen molar-refractivity contribution in [2.45, 2.75) is 0 Å². The topological polar surface area (TPSA) is 81.5 Å². The number of rotatable bonds is 6. The quantitative estimate of drug-likeness (QED) is 0.503. The van der Waals surface area contributed by atoms with Crippen LogP contribution in [0.2, 0.25) is 0 Å². The van der Waals surface area contributed by atoms with E-state index in [-0.39, 0.29) is 11.3 Å². The molecule has 0 unspecified atom stereocenters. The van der Waals surface area contributed by atoms with E-state index in [1.54, 1.807) is 30.3 Å². The number of amides is 1. The summed E-state index contributed by atoms with van der Waals surface area (Å²) in [5, 5.41) is 13.4. The Labute approximate surface area is 127 Å². The Bertz CT molecular complexity index is 713. The monoisotopic (exact) mass is 298 g/mol. The van der Waals surface area contributed by atoms with Gasteiger partial charge < -0.3 is 10.1 Å². The maximum absolute atomic E-state index is 12.2. The highest BCUT2D eigenvalue weighted by Crippen LogP contribution is 2.24. The molecular formula is C16H14N2O4. The Balaban J connectivity index is 2.20. The molecule has 112 valence electrons. The molecule has 0 radical (unpaired) electrons. The number of ether oxygens (including phenoxy) is 1. The first kappa shape index (κ1) is 15.2. The molecule has 0 aliphatic heterocycles. The lowest BCUT2D eigenvalue weighted by molar-refractivity contribution is -0.384. The molecule has 0 saturated heterocycles. The van der Waals surface area contributed by atoms with Gasteiger partial charge in [-0.2, -0.15) is 0 Å². The molecule has 1 amide bonds. The van der Waals surface area contributed by atoms with Crippen molar-refractivity contribution in [1.29, 1.82) is 0 Å². The minimum absolute atomic E-state index is 0.135. The number of hydrogen-bond acceptors (Lipinski definition) is 4. The van der Waals surface area contributed by atoms with Crippen LogP contribution in [0.1, 0.15) is 10.4 Å². The lowest BCUT2D eigenvalue weighted by atomic mass is 10.2. The second kappa shape index (κ2) is 7.03. The summed E-state index contributed by atoms with van der Waals surface area (Å²) in [5.41, 5.74) is 0.553. The van der Waals surface area contributed by atoms with Crippen LogP contribution in [0, 0.1) is 10.1 Å². The highest BCUT2D eigenvalue weighted by atomic mass is 16.6. The van der Waals surface area contributed by atoms with E-state index in [0.29, 0.717) is 18.0 Å². The molecule has 2 rings (SSSR count). The number of nitro benzene ring substituents is 1. The molecule has 6 nitrogen and oxygen atoms in total. The highest BCUT2D eigenvalue weighted by molar-refractivity contribution is 6.05. The van der Waals surface area contributed by atoms with E-state index < -0.39 is 10.8 Å². The number of carbonyl (C=O) groups is 1. The van der Waals surface area contributed by atoms with Crippen LogP contribution in [0.5, 0.6) is 5.75 Å². The fourth-order valence-electron chi connectivity index (χ4n) is 1.80. The van der Waals surface area contributed by atoms with Gasteiger partial charge in [0.05, 0.1) is 10.6 Å². The number of carbonyl (C=O) groups excluding carboxylic acids is 1. The van der Waals surface area contributed by atoms with Gasteiger partial charge in [-0.15, -0.1) is 0 Å². The smallest absolute Gasteiger partial charge is 0.270 e. The van der Waals surface area contributed by atoms with Crippen molar-refractivity contribution in [3.8, 4) is 5.75 Å². The largest absolute Gasteiger partial charge is 0.487 e. The fourth-order valence-corrected chi connectivity index (χ4v) is 1.80. The van der Waals surface area contributed by atoms with Gasteiger partial charge in [-0.1, -0.05) is 30.9 Å². The summed E-state index contributed by atoms with van der Waals surface area (Å²) in [4.78, 5) is 22.4. The number of anilines is 1. The molecule has 0 spiro atoms. The Morgan fingerprint density at radius 1 is 1.27 bits per heavy atom. The van der Waals surface area contributed by atoms with Gasteiger partial charge in [0.25, 0.3) is 11.6 Å². The molecule has 22 heavy (non-hydrogen) atoms. The molecule has 1 N–H and O–H groups in total. The van der Waals surface area contributed by atoms with Crippen molar-refractivity contribution in [2.24, 2.45) is 0 Å². The summed E-state index contributed by atoms with van der Waals surface area (Å²) in [7, 11) is 0. The first-order valence-corrected chi connectivity index (χ1v) is 6.50. The van der Waals surface area contributed by atoms with Crippen LogP contribution in [0.15, 0.2) is 61.2 Å². The second-order valence-corrected chi connectivity index (χ2v) is 4.36. The van der Waals surface area contributed by atoms with Crippen molar-refractivity contribution in [2.75, 3.05) is 11.9 Å². The van der Waals surface area contributed by atoms with E-state index in [1.165, 1.54) is 24.3 Å². The lowest BCUT2D eigenvalue weighted by Crippen LogP contribution is -2.13. The van der Waals surface area contributed by atoms with Crippen molar-refractivity contribution < 1.29 is 14.5 Å². The van der Waals surface area contributed by atoms with Gasteiger partial charge in [-0.05, 0) is 18.2 Å². The number of benzene rings is 2. The van der Waals surface area contributed by atoms with Crippen LogP contribution < -0.4 is 10.1 Å². The predicted octanol–water partition coefficient (Wildman–Crippen LogP) is 3.41. The van der Waals surface area contributed by atoms with Gasteiger partial charge in [0.1, 0.15) is 12.4 Å². The third-order valence-electron chi connectivity index (χ3n) is 2.81. The van der Waals surface area contributed by atoms with Crippen LogP contribution in [0.3, 0.4) is 0 Å². The minimum Gasteiger partial charge on any atom is -0.487 e. The van der Waals surface area contributed by atoms with E-state index in [9.17, 15) is 14.9 Å². The Morgan fingerprint density at radius 2 is 2.05 bits per heavy atom. The maximum Gasteiger partial charge on any atom is 0.270 e. The second-order valence-electron chi connectivity index (χ2n) is 4.36. The molecule has 0 atom stereocenters. The summed E-state index contributed by atoms with van der Waals surface area (Å²) >= 11 is 0. The predicted molar refractivity (Wildman–Crippen MR) is 83.2 cm³/mol. The van der Waals surface area contributed by atoms with Crippen molar-refractivity contribution in [3.63, 3.8) is 0 Å². The zero-order valence-corrected chi connectivity index (χ0v) is 11.7. The van der Waals surface area contributed by atoms with E-state index in [0.717, 1.165) is 0 Å². The summed E-state index contributed by atoms with van der Waals surface area (Å²) in [6, 6.07) is 12.5. The number of nitrogens with zero attached hydrogens (tertiary/aromatic N) is 1. The van der Waals surface area contributed by atoms with Crippen LogP contribution in [-0.2, 0) is 0 Å². The minimum atomic E-state index is -0.544. The number of para-hydroxylation sites is 2. The zero-order chi connectivity index (χ0) is 15.9. The van der Waals surface area contributed by atoms with Gasteiger partial charge >= 0.3 is 0 Å². The normalized spacial score (nSPS) is 9.82. The molecule has 2 aromatic rings. The molecule has 0 aliphatic carbocycles. The zero-order valence-electron chi connectivity index (χ0n) is 11.7. The molecule has 0 bridgehead atoms. The molecule has 0 fully saturated rings. The summed E-state index contributed by atoms with van der Waals surface area (Å²) in [6.45, 7) is 3.87. The molecule has 0 saturated carbocycles. The SMILES string of the molecule is C=CCOc1ccccc1NC(=O)c1cccc([N+](=O)[O-])c1. The molecule has 0 aromatic heterocycles. The van der Waals surface area contributed by atoms with E-state index in [2.05, 4.69) is 11.9 Å². The number of hydrogen-bond donors (Lipinski definition) is 1. The molecular weight excluding hydrogens is 284 g/mol. The van der Waals surface area contributed by atoms with Crippen molar-refractivity contribution in [3.05, 3.63) is 76.9 Å². The van der Waals surface area contributed by atoms with Gasteiger partial charge in [0.15, 0.2) is 0 Å². The van der Waals surface area contributed by atoms with Crippen LogP contribution in [-0.4, -0.2) is 17.4 Å². The first-order chi connectivity index (χ1) is 10.6. The van der Waals surface area contributed by atoms with Gasteiger partial charge in [0.2, 0.25) is 0 Å². The summed E-state index contributed by atoms with van der Waals surface area (Å²) in [5.74, 6) is 0.0551. The number of nitrogens with one attached hydrogen (secondary N) is 1. The molecule has 0 heterocycles. The van der Waals surface area contributed by atoms with Crippen molar-refractivity contribution in [1.82, 2.24) is 0 Å². The van der Waals surface area contributed by atoms with E-state index >= 15 is 0 Å². The average molecular weight is 298 g/mol. The Hall–Kier alpha value is -3.15. The highest BCUT2D eigenvalue weighted by Gasteiger charge is 2.13. The van der Waals surface area contributed by atoms with Crippen LogP contribution >= 0.6 is 0 Å². The summed E-state index contributed by atoms with van der Waals surface area (Å²) in [6.07, 6.45) is 1.60. The molecule has 6 heteroatoms. The van der Waals surface area contributed by atoms with Crippen LogP contribution in [0.4, 0.5) is 11.4 Å². The van der Waals surface area contributed by atoms with Crippen molar-refractivity contribution >= 4 is 17.3 Å². The third-order valence-corrected chi connectivity index (χ3v) is 2.81. The van der Waals surface area contributed by atoms with Crippen LogP contribution in [0.25, 0.3) is 0 Å². The number of nitro groups is 1. The Kier molecular flexibility index (Phi) is 4.87. The van der Waals surface area contributed by atoms with Gasteiger partial charge in [-0.3, -0.25) is 14.9 Å². The maximum atomic E-state index is 12.2. The standard InChI is InChI=1S/C16H14N2O4/c1-2-10-22-15-9-4-3-8-14(15)17-16(19)12-6-5-7-13(11-12)18(20)21/h2-9,11H,1,10H2,(H,17,19). The molecule has 0 aliphatic rings.